The molecular formula is C33H35F4N3O4. The molecule has 44 heavy (non-hydrogen) atoms. The number of hydrogen-bond donors (Lipinski definition) is 1. The maximum absolute atomic E-state index is 16.4. The van der Waals surface area contributed by atoms with Crippen molar-refractivity contribution in [2.45, 2.75) is 38.4 Å². The molecule has 1 aromatic heterocycles. The molecule has 2 aliphatic heterocycles. The first-order chi connectivity index (χ1) is 21.2. The molecule has 2 saturated heterocycles. The van der Waals surface area contributed by atoms with E-state index in [9.17, 15) is 23.1 Å². The van der Waals surface area contributed by atoms with Crippen molar-refractivity contribution in [1.82, 2.24) is 14.8 Å². The van der Waals surface area contributed by atoms with Crippen LogP contribution >= 0.6 is 0 Å². The van der Waals surface area contributed by atoms with Crippen LogP contribution < -0.4 is 4.74 Å². The predicted molar refractivity (Wildman–Crippen MR) is 156 cm³/mol. The van der Waals surface area contributed by atoms with Crippen molar-refractivity contribution in [2.24, 2.45) is 5.41 Å². The Morgan fingerprint density at radius 2 is 1.80 bits per heavy atom. The molecule has 0 amide bonds. The minimum absolute atomic E-state index is 0.0153. The van der Waals surface area contributed by atoms with Crippen LogP contribution in [0.4, 0.5) is 17.6 Å². The van der Waals surface area contributed by atoms with Crippen molar-refractivity contribution in [1.29, 1.82) is 0 Å². The molecule has 3 heterocycles. The van der Waals surface area contributed by atoms with Gasteiger partial charge in [0, 0.05) is 55.4 Å². The third-order valence-corrected chi connectivity index (χ3v) is 8.67. The van der Waals surface area contributed by atoms with Crippen LogP contribution in [0.15, 0.2) is 36.5 Å². The summed E-state index contributed by atoms with van der Waals surface area (Å²) in [4.78, 5) is 21.3. The van der Waals surface area contributed by atoms with Crippen molar-refractivity contribution in [3.05, 3.63) is 70.7 Å². The van der Waals surface area contributed by atoms with Gasteiger partial charge in [-0.3, -0.25) is 19.6 Å². The van der Waals surface area contributed by atoms with Crippen molar-refractivity contribution in [3.63, 3.8) is 0 Å². The Hall–Kier alpha value is -3.72. The Morgan fingerprint density at radius 3 is 2.45 bits per heavy atom. The van der Waals surface area contributed by atoms with E-state index < -0.39 is 35.0 Å². The van der Waals surface area contributed by atoms with E-state index in [0.29, 0.717) is 67.9 Å². The average Bonchev–Trinajstić information content (AvgIpc) is 3.03. The molecule has 0 saturated carbocycles. The fourth-order valence-corrected chi connectivity index (χ4v) is 5.99. The van der Waals surface area contributed by atoms with Crippen LogP contribution in [-0.2, 0) is 16.1 Å². The number of halogens is 4. The van der Waals surface area contributed by atoms with E-state index in [-0.39, 0.29) is 24.9 Å². The van der Waals surface area contributed by atoms with E-state index in [1.807, 2.05) is 4.90 Å². The number of nitrogens with zero attached hydrogens (tertiary/aromatic N) is 3. The van der Waals surface area contributed by atoms with E-state index >= 15 is 4.39 Å². The molecule has 2 aliphatic rings. The second kappa shape index (κ2) is 13.9. The first-order valence-electron chi connectivity index (χ1n) is 14.7. The quantitative estimate of drug-likeness (QED) is 0.194. The summed E-state index contributed by atoms with van der Waals surface area (Å²) < 4.78 is 67.4. The third-order valence-electron chi connectivity index (χ3n) is 8.67. The number of likely N-dealkylation sites (tertiary alicyclic amines) is 1. The molecule has 0 radical (unpaired) electrons. The topological polar surface area (TPSA) is 75.1 Å². The number of methoxy groups -OCH3 is 1. The summed E-state index contributed by atoms with van der Waals surface area (Å²) in [6.07, 6.45) is 1.10. The van der Waals surface area contributed by atoms with Crippen LogP contribution in [-0.4, -0.2) is 78.9 Å². The van der Waals surface area contributed by atoms with Crippen LogP contribution in [0.5, 0.6) is 5.75 Å². The molecule has 234 valence electrons. The maximum Gasteiger partial charge on any atom is 0.309 e. The van der Waals surface area contributed by atoms with Crippen molar-refractivity contribution >= 4 is 16.9 Å². The number of aromatic nitrogens is 1. The highest BCUT2D eigenvalue weighted by Crippen LogP contribution is 2.41. The van der Waals surface area contributed by atoms with Gasteiger partial charge >= 0.3 is 5.97 Å². The summed E-state index contributed by atoms with van der Waals surface area (Å²) >= 11 is 0. The lowest BCUT2D eigenvalue weighted by molar-refractivity contribution is -0.152. The fraction of sp³-hybridized carbons (Fsp3) is 0.455. The first kappa shape index (κ1) is 31.7. The number of carboxylic acid groups (broad SMARTS) is 1. The highest BCUT2D eigenvalue weighted by molar-refractivity contribution is 5.85. The zero-order valence-corrected chi connectivity index (χ0v) is 24.6. The van der Waals surface area contributed by atoms with Gasteiger partial charge in [-0.1, -0.05) is 11.8 Å². The molecule has 7 nitrogen and oxygen atoms in total. The number of benzene rings is 2. The number of carboxylic acids is 1. The molecule has 0 bridgehead atoms. The number of pyridine rings is 1. The normalized spacial score (nSPS) is 18.0. The minimum atomic E-state index is -1.54. The molecule has 3 aromatic rings. The summed E-state index contributed by atoms with van der Waals surface area (Å²) in [5.41, 5.74) is 0.841. The number of piperidine rings is 1. The van der Waals surface area contributed by atoms with Gasteiger partial charge in [0.2, 0.25) is 0 Å². The monoisotopic (exact) mass is 613 g/mol. The summed E-state index contributed by atoms with van der Waals surface area (Å²) in [6, 6.07) is 7.02. The number of carbonyl (C=O) groups is 1. The van der Waals surface area contributed by atoms with Gasteiger partial charge in [-0.05, 0) is 61.6 Å². The number of rotatable bonds is 9. The molecule has 2 fully saturated rings. The minimum Gasteiger partial charge on any atom is -0.497 e. The zero-order chi connectivity index (χ0) is 31.3. The average molecular weight is 614 g/mol. The Bertz CT molecular complexity index is 1540. The van der Waals surface area contributed by atoms with Gasteiger partial charge < -0.3 is 14.6 Å². The Balaban J connectivity index is 1.28. The second-order valence-corrected chi connectivity index (χ2v) is 11.4. The molecule has 0 aliphatic carbocycles. The van der Waals surface area contributed by atoms with Gasteiger partial charge in [-0.25, -0.2) is 17.6 Å². The lowest BCUT2D eigenvalue weighted by Gasteiger charge is -2.38. The predicted octanol–water partition coefficient (Wildman–Crippen LogP) is 5.50. The standard InChI is InChI=1S/C33H35F4N3O4/c1-43-24-4-5-29-25(19-24)30(23(20-38-29)21-40-13-15-44-16-14-40)26(34)6-7-33(32(41)42)8-11-39(12-9-33)10-2-3-22-17-27(35)31(37)28(36)18-22/h4-5,17-20,26H,6-16,21H2,1H3,(H,41,42)/t26-/m1/s1. The van der Waals surface area contributed by atoms with E-state index in [1.165, 1.54) is 0 Å². The van der Waals surface area contributed by atoms with Crippen LogP contribution in [0.2, 0.25) is 0 Å². The van der Waals surface area contributed by atoms with Gasteiger partial charge in [0.1, 0.15) is 11.9 Å². The Morgan fingerprint density at radius 1 is 1.09 bits per heavy atom. The number of hydrogen-bond acceptors (Lipinski definition) is 6. The molecule has 2 aromatic carbocycles. The van der Waals surface area contributed by atoms with Crippen LogP contribution in [0.3, 0.4) is 0 Å². The fourth-order valence-electron chi connectivity index (χ4n) is 5.99. The number of morpholine rings is 1. The SMILES string of the molecule is COc1ccc2ncc(CN3CCOCC3)c([C@H](F)CCC3(C(=O)O)CCN(CC#Cc4cc(F)c(F)c(F)c4)CC3)c2c1. The van der Waals surface area contributed by atoms with Crippen LogP contribution in [0.25, 0.3) is 10.9 Å². The third kappa shape index (κ3) is 7.15. The highest BCUT2D eigenvalue weighted by Gasteiger charge is 2.42. The Labute approximate surface area is 253 Å². The molecule has 0 spiro atoms. The molecule has 1 atom stereocenters. The lowest BCUT2D eigenvalue weighted by atomic mass is 9.74. The van der Waals surface area contributed by atoms with Gasteiger partial charge in [0.05, 0.1) is 37.8 Å². The first-order valence-corrected chi connectivity index (χ1v) is 14.7. The molecule has 1 N–H and O–H groups in total. The van der Waals surface area contributed by atoms with Crippen LogP contribution in [0, 0.1) is 34.7 Å². The summed E-state index contributed by atoms with van der Waals surface area (Å²) in [6.45, 7) is 4.27. The number of aliphatic carboxylic acids is 1. The summed E-state index contributed by atoms with van der Waals surface area (Å²) in [5.74, 6) is 0.925. The highest BCUT2D eigenvalue weighted by atomic mass is 19.2. The lowest BCUT2D eigenvalue weighted by Crippen LogP contribution is -2.44. The van der Waals surface area contributed by atoms with Crippen molar-refractivity contribution in [2.75, 3.05) is 53.0 Å². The smallest absolute Gasteiger partial charge is 0.309 e. The molecule has 5 rings (SSSR count). The molecular weight excluding hydrogens is 578 g/mol. The van der Waals surface area contributed by atoms with Gasteiger partial charge in [-0.15, -0.1) is 0 Å². The van der Waals surface area contributed by atoms with Crippen LogP contribution in [0.1, 0.15) is 48.5 Å². The summed E-state index contributed by atoms with van der Waals surface area (Å²) in [7, 11) is 1.55. The largest absolute Gasteiger partial charge is 0.497 e. The second-order valence-electron chi connectivity index (χ2n) is 11.4. The van der Waals surface area contributed by atoms with E-state index in [4.69, 9.17) is 9.47 Å². The molecule has 11 heteroatoms. The Kier molecular flexibility index (Phi) is 10.0. The summed E-state index contributed by atoms with van der Waals surface area (Å²) in [5, 5.41) is 10.9. The number of fused-ring (bicyclic) bond motifs is 1. The van der Waals surface area contributed by atoms with Crippen molar-refractivity contribution in [3.8, 4) is 17.6 Å². The zero-order valence-electron chi connectivity index (χ0n) is 24.6. The van der Waals surface area contributed by atoms with E-state index in [1.54, 1.807) is 31.5 Å². The van der Waals surface area contributed by atoms with Gasteiger partial charge in [0.25, 0.3) is 0 Å². The molecule has 0 unspecified atom stereocenters. The number of alkyl halides is 1. The van der Waals surface area contributed by atoms with Gasteiger partial charge in [-0.2, -0.15) is 0 Å². The number of ether oxygens (including phenoxy) is 2. The maximum atomic E-state index is 16.4. The van der Waals surface area contributed by atoms with E-state index in [0.717, 1.165) is 30.8 Å². The van der Waals surface area contributed by atoms with Crippen molar-refractivity contribution < 1.29 is 36.9 Å². The van der Waals surface area contributed by atoms with E-state index in [2.05, 4.69) is 21.7 Å². The van der Waals surface area contributed by atoms with Gasteiger partial charge in [0.15, 0.2) is 17.5 Å².